The molecule has 1 amide bonds. The van der Waals surface area contributed by atoms with Gasteiger partial charge in [-0.15, -0.1) is 0 Å². The van der Waals surface area contributed by atoms with E-state index in [2.05, 4.69) is 26.0 Å². The molecule has 0 bridgehead atoms. The number of carbonyl (C=O) groups is 1. The first-order valence-electron chi connectivity index (χ1n) is 9.16. The van der Waals surface area contributed by atoms with E-state index in [4.69, 9.17) is 5.73 Å². The summed E-state index contributed by atoms with van der Waals surface area (Å²) < 4.78 is 0. The Balaban J connectivity index is 3.35. The fourth-order valence-corrected chi connectivity index (χ4v) is 2.71. The first-order valence-corrected chi connectivity index (χ1v) is 9.16. The molecule has 2 heteroatoms. The van der Waals surface area contributed by atoms with Gasteiger partial charge in [0.1, 0.15) is 0 Å². The van der Waals surface area contributed by atoms with E-state index in [-0.39, 0.29) is 11.8 Å². The molecule has 21 heavy (non-hydrogen) atoms. The molecule has 0 spiro atoms. The first kappa shape index (κ1) is 20.2. The van der Waals surface area contributed by atoms with Crippen LogP contribution in [0.4, 0.5) is 0 Å². The third-order valence-electron chi connectivity index (χ3n) is 4.10. The highest BCUT2D eigenvalue weighted by Crippen LogP contribution is 2.16. The van der Waals surface area contributed by atoms with E-state index in [0.29, 0.717) is 0 Å². The van der Waals surface area contributed by atoms with Gasteiger partial charge in [0.15, 0.2) is 0 Å². The molecule has 0 aromatic carbocycles. The van der Waals surface area contributed by atoms with Crippen LogP contribution in [-0.2, 0) is 4.79 Å². The number of allylic oxidation sites excluding steroid dienone is 2. The number of carbonyl (C=O) groups excluding carboxylic acids is 1. The molecule has 0 radical (unpaired) electrons. The normalized spacial score (nSPS) is 12.9. The Bertz CT molecular complexity index is 260. The Kier molecular flexibility index (Phi) is 15.0. The molecular formula is C19H37NO. The van der Waals surface area contributed by atoms with Crippen molar-refractivity contribution in [2.75, 3.05) is 0 Å². The molecule has 0 aromatic rings. The van der Waals surface area contributed by atoms with E-state index < -0.39 is 0 Å². The summed E-state index contributed by atoms with van der Waals surface area (Å²) in [6.07, 6.45) is 20.5. The lowest BCUT2D eigenvalue weighted by Crippen LogP contribution is -2.23. The van der Waals surface area contributed by atoms with Crippen LogP contribution in [0.2, 0.25) is 0 Å². The average molecular weight is 296 g/mol. The van der Waals surface area contributed by atoms with Crippen molar-refractivity contribution in [1.29, 1.82) is 0 Å². The Labute approximate surface area is 132 Å². The molecule has 2 N–H and O–H groups in total. The zero-order chi connectivity index (χ0) is 15.8. The minimum atomic E-state index is -0.108. The van der Waals surface area contributed by atoms with Crippen LogP contribution in [0.25, 0.3) is 0 Å². The fraction of sp³-hybridized carbons (Fsp3) is 0.842. The van der Waals surface area contributed by atoms with Crippen molar-refractivity contribution < 1.29 is 4.79 Å². The average Bonchev–Trinajstić information content (AvgIpc) is 2.47. The minimum Gasteiger partial charge on any atom is -0.369 e. The number of amides is 1. The van der Waals surface area contributed by atoms with Crippen LogP contribution in [0.15, 0.2) is 12.2 Å². The molecule has 2 nitrogen and oxygen atoms in total. The number of nitrogens with two attached hydrogens (primary N) is 1. The van der Waals surface area contributed by atoms with Gasteiger partial charge >= 0.3 is 0 Å². The van der Waals surface area contributed by atoms with Gasteiger partial charge in [0.25, 0.3) is 0 Å². The highest BCUT2D eigenvalue weighted by atomic mass is 16.1. The molecule has 0 heterocycles. The summed E-state index contributed by atoms with van der Waals surface area (Å²) in [7, 11) is 0. The molecule has 0 saturated carbocycles. The summed E-state index contributed by atoms with van der Waals surface area (Å²) in [6.45, 7) is 4.37. The topological polar surface area (TPSA) is 43.1 Å². The zero-order valence-electron chi connectivity index (χ0n) is 14.4. The molecule has 1 atom stereocenters. The Morgan fingerprint density at radius 1 is 0.810 bits per heavy atom. The number of hydrogen-bond donors (Lipinski definition) is 1. The molecule has 0 aliphatic heterocycles. The monoisotopic (exact) mass is 295 g/mol. The van der Waals surface area contributed by atoms with Crippen LogP contribution in [0.3, 0.4) is 0 Å². The van der Waals surface area contributed by atoms with E-state index in [1.807, 2.05) is 0 Å². The first-order chi connectivity index (χ1) is 10.2. The number of unbranched alkanes of at least 4 members (excludes halogenated alkanes) is 8. The largest absolute Gasteiger partial charge is 0.369 e. The Hall–Kier alpha value is -0.790. The predicted octanol–water partition coefficient (Wildman–Crippen LogP) is 5.76. The summed E-state index contributed by atoms with van der Waals surface area (Å²) in [5.41, 5.74) is 5.41. The van der Waals surface area contributed by atoms with E-state index in [9.17, 15) is 4.79 Å². The van der Waals surface area contributed by atoms with Crippen LogP contribution >= 0.6 is 0 Å². The van der Waals surface area contributed by atoms with Gasteiger partial charge < -0.3 is 5.73 Å². The minimum absolute atomic E-state index is 0.108. The molecule has 0 aliphatic rings. The van der Waals surface area contributed by atoms with Crippen LogP contribution in [0.5, 0.6) is 0 Å². The number of primary amides is 1. The predicted molar refractivity (Wildman–Crippen MR) is 93.2 cm³/mol. The third kappa shape index (κ3) is 13.9. The van der Waals surface area contributed by atoms with Crippen molar-refractivity contribution in [3.8, 4) is 0 Å². The second-order valence-electron chi connectivity index (χ2n) is 6.20. The molecular weight excluding hydrogens is 258 g/mol. The molecule has 0 fully saturated rings. The number of hydrogen-bond acceptors (Lipinski definition) is 1. The van der Waals surface area contributed by atoms with E-state index in [1.54, 1.807) is 0 Å². The maximum Gasteiger partial charge on any atom is 0.220 e. The van der Waals surface area contributed by atoms with Crippen molar-refractivity contribution in [2.24, 2.45) is 11.7 Å². The van der Waals surface area contributed by atoms with Gasteiger partial charge in [-0.1, -0.05) is 70.9 Å². The van der Waals surface area contributed by atoms with Crippen molar-refractivity contribution in [3.63, 3.8) is 0 Å². The van der Waals surface area contributed by atoms with Crippen LogP contribution in [0, 0.1) is 5.92 Å². The molecule has 0 saturated heterocycles. The van der Waals surface area contributed by atoms with Crippen molar-refractivity contribution in [2.45, 2.75) is 97.3 Å². The maximum atomic E-state index is 11.2. The Morgan fingerprint density at radius 3 is 1.90 bits per heavy atom. The second kappa shape index (κ2) is 15.6. The van der Waals surface area contributed by atoms with E-state index in [1.165, 1.54) is 57.8 Å². The van der Waals surface area contributed by atoms with Gasteiger partial charge in [0.2, 0.25) is 5.91 Å². The van der Waals surface area contributed by atoms with Gasteiger partial charge in [-0.2, -0.15) is 0 Å². The van der Waals surface area contributed by atoms with Gasteiger partial charge in [0, 0.05) is 5.92 Å². The van der Waals surface area contributed by atoms with Crippen LogP contribution in [0.1, 0.15) is 97.3 Å². The van der Waals surface area contributed by atoms with E-state index in [0.717, 1.165) is 25.7 Å². The molecule has 0 aliphatic carbocycles. The molecule has 124 valence electrons. The molecule has 0 rings (SSSR count). The van der Waals surface area contributed by atoms with Gasteiger partial charge in [-0.05, 0) is 38.5 Å². The highest BCUT2D eigenvalue weighted by Gasteiger charge is 2.12. The van der Waals surface area contributed by atoms with Crippen molar-refractivity contribution >= 4 is 5.91 Å². The third-order valence-corrected chi connectivity index (χ3v) is 4.10. The number of rotatable bonds is 15. The lowest BCUT2D eigenvalue weighted by molar-refractivity contribution is -0.122. The van der Waals surface area contributed by atoms with Crippen LogP contribution in [-0.4, -0.2) is 5.91 Å². The summed E-state index contributed by atoms with van der Waals surface area (Å²) in [5.74, 6) is 0.000808. The summed E-state index contributed by atoms with van der Waals surface area (Å²) >= 11 is 0. The summed E-state index contributed by atoms with van der Waals surface area (Å²) in [4.78, 5) is 11.2. The van der Waals surface area contributed by atoms with E-state index >= 15 is 0 Å². The zero-order valence-corrected chi connectivity index (χ0v) is 14.4. The standard InChI is InChI=1S/C19H37NO/c1-3-5-6-7-8-9-10-11-12-13-14-15-17-18(16-4-2)19(20)21/h9-10,18H,3-8,11-17H2,1-2H3,(H2,20,21). The molecule has 0 aromatic heterocycles. The summed E-state index contributed by atoms with van der Waals surface area (Å²) in [6, 6.07) is 0. The maximum absolute atomic E-state index is 11.2. The smallest absolute Gasteiger partial charge is 0.220 e. The van der Waals surface area contributed by atoms with Crippen LogP contribution < -0.4 is 5.73 Å². The van der Waals surface area contributed by atoms with Gasteiger partial charge in [-0.25, -0.2) is 0 Å². The quantitative estimate of drug-likeness (QED) is 0.303. The van der Waals surface area contributed by atoms with Gasteiger partial charge in [-0.3, -0.25) is 4.79 Å². The lowest BCUT2D eigenvalue weighted by atomic mass is 9.95. The molecule has 1 unspecified atom stereocenters. The van der Waals surface area contributed by atoms with Crippen molar-refractivity contribution in [1.82, 2.24) is 0 Å². The second-order valence-corrected chi connectivity index (χ2v) is 6.20. The summed E-state index contributed by atoms with van der Waals surface area (Å²) in [5, 5.41) is 0. The Morgan fingerprint density at radius 2 is 1.38 bits per heavy atom. The fourth-order valence-electron chi connectivity index (χ4n) is 2.71. The lowest BCUT2D eigenvalue weighted by Gasteiger charge is -2.11. The highest BCUT2D eigenvalue weighted by molar-refractivity contribution is 5.76. The van der Waals surface area contributed by atoms with Crippen molar-refractivity contribution in [3.05, 3.63) is 12.2 Å². The van der Waals surface area contributed by atoms with Gasteiger partial charge in [0.05, 0.1) is 0 Å². The SMILES string of the molecule is CCCCCCC=CCCCCCCC(CCC)C(N)=O.